The first-order valence-corrected chi connectivity index (χ1v) is 7.96. The van der Waals surface area contributed by atoms with Gasteiger partial charge in [0.05, 0.1) is 17.9 Å². The van der Waals surface area contributed by atoms with E-state index in [9.17, 15) is 4.79 Å². The number of benzene rings is 3. The van der Waals surface area contributed by atoms with Crippen molar-refractivity contribution >= 4 is 21.9 Å². The monoisotopic (exact) mass is 332 g/mol. The molecule has 124 valence electrons. The van der Waals surface area contributed by atoms with E-state index < -0.39 is 0 Å². The number of hydrogen-bond acceptors (Lipinski definition) is 4. The van der Waals surface area contributed by atoms with Crippen LogP contribution >= 0.6 is 0 Å². The van der Waals surface area contributed by atoms with Crippen molar-refractivity contribution in [3.05, 3.63) is 82.5 Å². The number of ether oxygens (including phenoxy) is 2. The molecule has 0 unspecified atom stereocenters. The highest BCUT2D eigenvalue weighted by molar-refractivity contribution is 5.92. The minimum absolute atomic E-state index is 0.0493. The number of fused-ring (bicyclic) bond motifs is 2. The Morgan fingerprint density at radius 3 is 2.44 bits per heavy atom. The van der Waals surface area contributed by atoms with Crippen molar-refractivity contribution in [2.45, 2.75) is 6.61 Å². The maximum absolute atomic E-state index is 12.7. The average Bonchev–Trinajstić information content (AvgIpc) is 2.67. The van der Waals surface area contributed by atoms with Crippen LogP contribution in [0.4, 0.5) is 0 Å². The van der Waals surface area contributed by atoms with Crippen molar-refractivity contribution in [2.24, 2.45) is 0 Å². The highest BCUT2D eigenvalue weighted by atomic mass is 16.5. The molecule has 4 aromatic rings. The van der Waals surface area contributed by atoms with E-state index >= 15 is 0 Å². The molecule has 4 rings (SSSR count). The first-order valence-electron chi connectivity index (χ1n) is 7.96. The lowest BCUT2D eigenvalue weighted by Crippen LogP contribution is -2.03. The molecule has 0 radical (unpaired) electrons. The number of hydrogen-bond donors (Lipinski definition) is 0. The first kappa shape index (κ1) is 15.3. The van der Waals surface area contributed by atoms with Crippen LogP contribution in [0.15, 0.2) is 75.9 Å². The molecular weight excluding hydrogens is 316 g/mol. The summed E-state index contributed by atoms with van der Waals surface area (Å²) in [6.07, 6.45) is 0. The van der Waals surface area contributed by atoms with E-state index in [1.54, 1.807) is 31.4 Å². The zero-order valence-electron chi connectivity index (χ0n) is 13.7. The van der Waals surface area contributed by atoms with Gasteiger partial charge in [-0.3, -0.25) is 4.79 Å². The molecular formula is C21H16O4. The Morgan fingerprint density at radius 1 is 0.880 bits per heavy atom. The lowest BCUT2D eigenvalue weighted by atomic mass is 10.1. The van der Waals surface area contributed by atoms with E-state index in [1.165, 1.54) is 0 Å². The Kier molecular flexibility index (Phi) is 3.86. The number of para-hydroxylation sites is 2. The fraction of sp³-hybridized carbons (Fsp3) is 0.0952. The van der Waals surface area contributed by atoms with Gasteiger partial charge < -0.3 is 13.9 Å². The van der Waals surface area contributed by atoms with Gasteiger partial charge >= 0.3 is 0 Å². The van der Waals surface area contributed by atoms with Gasteiger partial charge in [-0.1, -0.05) is 30.3 Å². The molecule has 1 aromatic heterocycles. The van der Waals surface area contributed by atoms with Crippen LogP contribution in [-0.2, 0) is 6.61 Å². The van der Waals surface area contributed by atoms with Crippen LogP contribution in [0.5, 0.6) is 11.5 Å². The third-order valence-corrected chi connectivity index (χ3v) is 4.12. The molecule has 0 saturated carbocycles. The van der Waals surface area contributed by atoms with E-state index in [2.05, 4.69) is 0 Å². The Hall–Kier alpha value is -3.27. The van der Waals surface area contributed by atoms with Crippen LogP contribution in [0.1, 0.15) is 5.56 Å². The summed E-state index contributed by atoms with van der Waals surface area (Å²) in [5, 5.41) is 1.09. The van der Waals surface area contributed by atoms with Crippen LogP contribution in [0.2, 0.25) is 0 Å². The third kappa shape index (κ3) is 2.83. The van der Waals surface area contributed by atoms with E-state index in [4.69, 9.17) is 13.9 Å². The average molecular weight is 332 g/mol. The lowest BCUT2D eigenvalue weighted by molar-refractivity contribution is 0.305. The van der Waals surface area contributed by atoms with Crippen LogP contribution in [0.25, 0.3) is 21.9 Å². The van der Waals surface area contributed by atoms with Gasteiger partial charge in [0, 0.05) is 0 Å². The van der Waals surface area contributed by atoms with Crippen molar-refractivity contribution in [2.75, 3.05) is 7.11 Å². The summed E-state index contributed by atoms with van der Waals surface area (Å²) in [5.74, 6) is 1.35. The molecule has 0 N–H and O–H groups in total. The molecule has 0 spiro atoms. The normalized spacial score (nSPS) is 10.9. The molecule has 0 amide bonds. The molecule has 0 saturated heterocycles. The Balaban J connectivity index is 1.72. The quantitative estimate of drug-likeness (QED) is 0.515. The summed E-state index contributed by atoms with van der Waals surface area (Å²) >= 11 is 0. The van der Waals surface area contributed by atoms with Gasteiger partial charge in [-0.2, -0.15) is 0 Å². The van der Waals surface area contributed by atoms with Crippen molar-refractivity contribution in [1.82, 2.24) is 0 Å². The first-order chi connectivity index (χ1) is 12.3. The standard InChI is InChI=1S/C21H16O4/c1-23-15-11-9-14(10-12-15)13-24-19-8-4-6-17-20(22)16-5-2-3-7-18(16)25-21(17)19/h2-12H,13H2,1H3. The fourth-order valence-electron chi connectivity index (χ4n) is 2.79. The van der Waals surface area contributed by atoms with Gasteiger partial charge in [-0.15, -0.1) is 0 Å². The summed E-state index contributed by atoms with van der Waals surface area (Å²) in [6, 6.07) is 20.2. The molecule has 0 atom stereocenters. The predicted molar refractivity (Wildman–Crippen MR) is 97.3 cm³/mol. The van der Waals surface area contributed by atoms with Gasteiger partial charge in [-0.05, 0) is 42.0 Å². The van der Waals surface area contributed by atoms with Gasteiger partial charge in [0.25, 0.3) is 0 Å². The van der Waals surface area contributed by atoms with Crippen LogP contribution in [0.3, 0.4) is 0 Å². The zero-order chi connectivity index (χ0) is 17.2. The molecule has 0 fully saturated rings. The zero-order valence-corrected chi connectivity index (χ0v) is 13.7. The fourth-order valence-corrected chi connectivity index (χ4v) is 2.79. The molecule has 1 heterocycles. The molecule has 0 aliphatic rings. The highest BCUT2D eigenvalue weighted by Gasteiger charge is 2.11. The molecule has 0 bridgehead atoms. The minimum atomic E-state index is -0.0493. The van der Waals surface area contributed by atoms with Gasteiger partial charge in [0.2, 0.25) is 5.43 Å². The van der Waals surface area contributed by atoms with Crippen LogP contribution in [0, 0.1) is 0 Å². The Morgan fingerprint density at radius 2 is 1.64 bits per heavy atom. The van der Waals surface area contributed by atoms with E-state index in [1.807, 2.05) is 42.5 Å². The maximum Gasteiger partial charge on any atom is 0.200 e. The van der Waals surface area contributed by atoms with Gasteiger partial charge in [0.15, 0.2) is 11.3 Å². The SMILES string of the molecule is COc1ccc(COc2cccc3c(=O)c4ccccc4oc23)cc1. The van der Waals surface area contributed by atoms with Gasteiger partial charge in [0.1, 0.15) is 17.9 Å². The van der Waals surface area contributed by atoms with Crippen molar-refractivity contribution in [3.8, 4) is 11.5 Å². The Bertz CT molecular complexity index is 1090. The second kappa shape index (κ2) is 6.32. The minimum Gasteiger partial charge on any atom is -0.497 e. The second-order valence-corrected chi connectivity index (χ2v) is 5.70. The van der Waals surface area contributed by atoms with E-state index in [0.717, 1.165) is 11.3 Å². The lowest BCUT2D eigenvalue weighted by Gasteiger charge is -2.09. The van der Waals surface area contributed by atoms with E-state index in [0.29, 0.717) is 34.3 Å². The topological polar surface area (TPSA) is 48.7 Å². The molecule has 4 nitrogen and oxygen atoms in total. The summed E-state index contributed by atoms with van der Waals surface area (Å²) in [4.78, 5) is 12.7. The van der Waals surface area contributed by atoms with Crippen molar-refractivity contribution in [1.29, 1.82) is 0 Å². The molecule has 4 heteroatoms. The summed E-state index contributed by atoms with van der Waals surface area (Å²) < 4.78 is 17.0. The molecule has 0 aliphatic heterocycles. The maximum atomic E-state index is 12.7. The summed E-state index contributed by atoms with van der Waals surface area (Å²) in [6.45, 7) is 0.375. The third-order valence-electron chi connectivity index (χ3n) is 4.12. The largest absolute Gasteiger partial charge is 0.497 e. The van der Waals surface area contributed by atoms with Crippen molar-refractivity contribution < 1.29 is 13.9 Å². The number of methoxy groups -OCH3 is 1. The smallest absolute Gasteiger partial charge is 0.200 e. The molecule has 0 aliphatic carbocycles. The van der Waals surface area contributed by atoms with Gasteiger partial charge in [-0.25, -0.2) is 0 Å². The summed E-state index contributed by atoms with van der Waals surface area (Å²) in [5.41, 5.74) is 1.98. The molecule has 3 aromatic carbocycles. The molecule has 25 heavy (non-hydrogen) atoms. The second-order valence-electron chi connectivity index (χ2n) is 5.70. The predicted octanol–water partition coefficient (Wildman–Crippen LogP) is 4.53. The highest BCUT2D eigenvalue weighted by Crippen LogP contribution is 2.27. The van der Waals surface area contributed by atoms with E-state index in [-0.39, 0.29) is 5.43 Å². The summed E-state index contributed by atoms with van der Waals surface area (Å²) in [7, 11) is 1.63. The van der Waals surface area contributed by atoms with Crippen molar-refractivity contribution in [3.63, 3.8) is 0 Å². The number of rotatable bonds is 4. The van der Waals surface area contributed by atoms with Crippen LogP contribution < -0.4 is 14.9 Å². The Labute approximate surface area is 144 Å². The van der Waals surface area contributed by atoms with Crippen LogP contribution in [-0.4, -0.2) is 7.11 Å².